The molecule has 1 aliphatic rings. The molecule has 0 bridgehead atoms. The molecule has 7 heteroatoms. The molecule has 26 heavy (non-hydrogen) atoms. The Bertz CT molecular complexity index is 723. The van der Waals surface area contributed by atoms with Crippen LogP contribution in [0.4, 0.5) is 5.82 Å². The first-order valence-corrected chi connectivity index (χ1v) is 8.74. The smallest absolute Gasteiger partial charge is 0.356 e. The number of anilines is 1. The van der Waals surface area contributed by atoms with E-state index >= 15 is 0 Å². The van der Waals surface area contributed by atoms with Crippen LogP contribution in [0.5, 0.6) is 0 Å². The zero-order chi connectivity index (χ0) is 18.5. The summed E-state index contributed by atoms with van der Waals surface area (Å²) in [5.41, 5.74) is 2.34. The molecule has 2 heterocycles. The van der Waals surface area contributed by atoms with Crippen molar-refractivity contribution in [2.24, 2.45) is 0 Å². The Morgan fingerprint density at radius 2 is 1.81 bits per heavy atom. The number of aromatic nitrogens is 2. The van der Waals surface area contributed by atoms with Gasteiger partial charge in [-0.25, -0.2) is 14.8 Å². The third-order valence-corrected chi connectivity index (χ3v) is 4.27. The van der Waals surface area contributed by atoms with Crippen LogP contribution in [0.3, 0.4) is 0 Å². The Morgan fingerprint density at radius 3 is 2.38 bits per heavy atom. The molecule has 2 unspecified atom stereocenters. The highest BCUT2D eigenvalue weighted by atomic mass is 16.5. The maximum atomic E-state index is 10.8. The number of benzene rings is 1. The average molecular weight is 356 g/mol. The zero-order valence-corrected chi connectivity index (χ0v) is 15.1. The van der Waals surface area contributed by atoms with Crippen molar-refractivity contribution in [1.82, 2.24) is 14.9 Å². The summed E-state index contributed by atoms with van der Waals surface area (Å²) in [6, 6.07) is 8.46. The minimum absolute atomic E-state index is 0.0633. The lowest BCUT2D eigenvalue weighted by molar-refractivity contribution is -0.0704. The Kier molecular flexibility index (Phi) is 5.80. The third kappa shape index (κ3) is 5.00. The van der Waals surface area contributed by atoms with E-state index < -0.39 is 5.97 Å². The van der Waals surface area contributed by atoms with Gasteiger partial charge in [0.05, 0.1) is 24.6 Å². The van der Waals surface area contributed by atoms with Gasteiger partial charge >= 0.3 is 5.97 Å². The molecule has 1 saturated heterocycles. The maximum Gasteiger partial charge on any atom is 0.356 e. The van der Waals surface area contributed by atoms with Gasteiger partial charge in [-0.15, -0.1) is 0 Å². The highest BCUT2D eigenvalue weighted by Crippen LogP contribution is 2.15. The highest BCUT2D eigenvalue weighted by molar-refractivity contribution is 5.84. The molecule has 1 aromatic carbocycles. The quantitative estimate of drug-likeness (QED) is 0.822. The molecule has 2 atom stereocenters. The van der Waals surface area contributed by atoms with E-state index in [1.54, 1.807) is 0 Å². The molecular weight excluding hydrogens is 332 g/mol. The maximum absolute atomic E-state index is 10.8. The first-order chi connectivity index (χ1) is 12.5. The molecule has 1 aliphatic heterocycles. The summed E-state index contributed by atoms with van der Waals surface area (Å²) < 4.78 is 5.77. The van der Waals surface area contributed by atoms with E-state index in [1.807, 2.05) is 0 Å². The number of carboxylic acids is 1. The predicted molar refractivity (Wildman–Crippen MR) is 98.0 cm³/mol. The normalized spacial score (nSPS) is 20.7. The SMILES string of the molecule is CC1CN(Cc2ccc(CNc3cnc(C(=O)O)cn3)cc2)CC(C)O1. The van der Waals surface area contributed by atoms with Crippen LogP contribution in [-0.4, -0.2) is 51.2 Å². The first-order valence-electron chi connectivity index (χ1n) is 8.74. The van der Waals surface area contributed by atoms with E-state index in [1.165, 1.54) is 18.0 Å². The number of hydrogen-bond donors (Lipinski definition) is 2. The number of rotatable bonds is 6. The molecule has 138 valence electrons. The fourth-order valence-electron chi connectivity index (χ4n) is 3.16. The van der Waals surface area contributed by atoms with Gasteiger partial charge < -0.3 is 15.2 Å². The van der Waals surface area contributed by atoms with E-state index in [4.69, 9.17) is 9.84 Å². The van der Waals surface area contributed by atoms with E-state index in [-0.39, 0.29) is 17.9 Å². The largest absolute Gasteiger partial charge is 0.476 e. The number of ether oxygens (including phenoxy) is 1. The van der Waals surface area contributed by atoms with Gasteiger partial charge in [-0.2, -0.15) is 0 Å². The van der Waals surface area contributed by atoms with Crippen molar-refractivity contribution in [3.63, 3.8) is 0 Å². The molecule has 0 spiro atoms. The lowest BCUT2D eigenvalue weighted by atomic mass is 10.1. The Balaban J connectivity index is 1.52. The molecular formula is C19H24N4O3. The van der Waals surface area contributed by atoms with Gasteiger partial charge in [-0.05, 0) is 25.0 Å². The van der Waals surface area contributed by atoms with E-state index in [0.717, 1.165) is 25.2 Å². The summed E-state index contributed by atoms with van der Waals surface area (Å²) in [6.45, 7) is 7.67. The lowest BCUT2D eigenvalue weighted by Crippen LogP contribution is -2.44. The first kappa shape index (κ1) is 18.3. The zero-order valence-electron chi connectivity index (χ0n) is 15.1. The monoisotopic (exact) mass is 356 g/mol. The van der Waals surface area contributed by atoms with E-state index in [2.05, 4.69) is 58.3 Å². The summed E-state index contributed by atoms with van der Waals surface area (Å²) in [7, 11) is 0. The molecule has 0 radical (unpaired) electrons. The summed E-state index contributed by atoms with van der Waals surface area (Å²) in [5.74, 6) is -0.529. The summed E-state index contributed by atoms with van der Waals surface area (Å²) in [5, 5.41) is 12.0. The minimum atomic E-state index is -1.08. The van der Waals surface area contributed by atoms with Crippen LogP contribution in [0.15, 0.2) is 36.7 Å². The standard InChI is InChI=1S/C19H24N4O3/c1-13-10-23(11-14(2)26-13)12-16-5-3-15(4-6-16)7-21-18-9-20-17(8-22-18)19(24)25/h3-6,8-9,13-14H,7,10-12H2,1-2H3,(H,21,22)(H,24,25). The van der Waals surface area contributed by atoms with Crippen LogP contribution < -0.4 is 5.32 Å². The van der Waals surface area contributed by atoms with Crippen molar-refractivity contribution in [2.45, 2.75) is 39.1 Å². The number of carboxylic acid groups (broad SMARTS) is 1. The molecule has 0 aliphatic carbocycles. The number of nitrogens with one attached hydrogen (secondary N) is 1. The number of hydrogen-bond acceptors (Lipinski definition) is 6. The van der Waals surface area contributed by atoms with Crippen LogP contribution in [0.1, 0.15) is 35.5 Å². The van der Waals surface area contributed by atoms with Gasteiger partial charge in [0.2, 0.25) is 0 Å². The summed E-state index contributed by atoms with van der Waals surface area (Å²) >= 11 is 0. The third-order valence-electron chi connectivity index (χ3n) is 4.27. The van der Waals surface area contributed by atoms with E-state index in [9.17, 15) is 4.79 Å². The summed E-state index contributed by atoms with van der Waals surface area (Å²) in [4.78, 5) is 21.1. The summed E-state index contributed by atoms with van der Waals surface area (Å²) in [6.07, 6.45) is 3.23. The number of nitrogens with zero attached hydrogens (tertiary/aromatic N) is 3. The lowest BCUT2D eigenvalue weighted by Gasteiger charge is -2.35. The van der Waals surface area contributed by atoms with Crippen molar-refractivity contribution in [1.29, 1.82) is 0 Å². The Hall–Kier alpha value is -2.51. The average Bonchev–Trinajstić information content (AvgIpc) is 2.60. The van der Waals surface area contributed by atoms with Crippen LogP contribution in [0.25, 0.3) is 0 Å². The molecule has 3 rings (SSSR count). The molecule has 7 nitrogen and oxygen atoms in total. The molecule has 1 aromatic heterocycles. The van der Waals surface area contributed by atoms with Gasteiger partial charge in [0, 0.05) is 26.2 Å². The molecule has 0 saturated carbocycles. The topological polar surface area (TPSA) is 87.6 Å². The van der Waals surface area contributed by atoms with Crippen molar-refractivity contribution >= 4 is 11.8 Å². The van der Waals surface area contributed by atoms with Gasteiger partial charge in [0.25, 0.3) is 0 Å². The molecule has 0 amide bonds. The number of aromatic carboxylic acids is 1. The molecule has 2 N–H and O–H groups in total. The molecule has 2 aromatic rings. The number of carbonyl (C=O) groups is 1. The Morgan fingerprint density at radius 1 is 1.15 bits per heavy atom. The minimum Gasteiger partial charge on any atom is -0.476 e. The Labute approximate surface area is 153 Å². The predicted octanol–water partition coefficient (Wildman–Crippen LogP) is 2.40. The van der Waals surface area contributed by atoms with Gasteiger partial charge in [-0.3, -0.25) is 4.90 Å². The van der Waals surface area contributed by atoms with Gasteiger partial charge in [-0.1, -0.05) is 24.3 Å². The molecule has 1 fully saturated rings. The van der Waals surface area contributed by atoms with Crippen LogP contribution in [0.2, 0.25) is 0 Å². The van der Waals surface area contributed by atoms with Gasteiger partial charge in [0.1, 0.15) is 5.82 Å². The van der Waals surface area contributed by atoms with Crippen molar-refractivity contribution in [3.8, 4) is 0 Å². The van der Waals surface area contributed by atoms with Crippen LogP contribution in [-0.2, 0) is 17.8 Å². The number of morpholine rings is 1. The van der Waals surface area contributed by atoms with E-state index in [0.29, 0.717) is 12.4 Å². The fraction of sp³-hybridized carbons (Fsp3) is 0.421. The van der Waals surface area contributed by atoms with Crippen molar-refractivity contribution in [3.05, 3.63) is 53.5 Å². The van der Waals surface area contributed by atoms with Crippen molar-refractivity contribution in [2.75, 3.05) is 18.4 Å². The van der Waals surface area contributed by atoms with Crippen molar-refractivity contribution < 1.29 is 14.6 Å². The highest BCUT2D eigenvalue weighted by Gasteiger charge is 2.21. The second kappa shape index (κ2) is 8.25. The van der Waals surface area contributed by atoms with Crippen LogP contribution >= 0.6 is 0 Å². The second-order valence-corrected chi connectivity index (χ2v) is 6.71. The van der Waals surface area contributed by atoms with Gasteiger partial charge in [0.15, 0.2) is 5.69 Å². The fourth-order valence-corrected chi connectivity index (χ4v) is 3.16. The second-order valence-electron chi connectivity index (χ2n) is 6.71. The van der Waals surface area contributed by atoms with Crippen LogP contribution in [0, 0.1) is 0 Å².